The lowest BCUT2D eigenvalue weighted by molar-refractivity contribution is 0.0975. The molecule has 3 aromatic rings. The van der Waals surface area contributed by atoms with Gasteiger partial charge in [-0.2, -0.15) is 5.10 Å². The zero-order valence-corrected chi connectivity index (χ0v) is 20.0. The monoisotopic (exact) mass is 484 g/mol. The molecule has 1 saturated heterocycles. The van der Waals surface area contributed by atoms with Gasteiger partial charge in [-0.15, -0.1) is 0 Å². The predicted molar refractivity (Wildman–Crippen MR) is 130 cm³/mol. The number of carbonyl (C=O) groups is 1. The van der Waals surface area contributed by atoms with Crippen molar-refractivity contribution in [3.8, 4) is 0 Å². The predicted octanol–water partition coefficient (Wildman–Crippen LogP) is 4.54. The van der Waals surface area contributed by atoms with E-state index < -0.39 is 16.0 Å². The van der Waals surface area contributed by atoms with Crippen molar-refractivity contribution in [2.24, 2.45) is 0 Å². The summed E-state index contributed by atoms with van der Waals surface area (Å²) in [6.07, 6.45) is 0.796. The number of sulfone groups is 1. The Morgan fingerprint density at radius 2 is 1.88 bits per heavy atom. The minimum atomic E-state index is -3.10. The highest BCUT2D eigenvalue weighted by molar-refractivity contribution is 7.91. The maximum absolute atomic E-state index is 13.7. The third-order valence-electron chi connectivity index (χ3n) is 6.45. The van der Waals surface area contributed by atoms with Crippen LogP contribution < -0.4 is 10.2 Å². The Morgan fingerprint density at radius 1 is 1.15 bits per heavy atom. The molecule has 1 fully saturated rings. The van der Waals surface area contributed by atoms with Crippen molar-refractivity contribution < 1.29 is 13.2 Å². The van der Waals surface area contributed by atoms with Crippen molar-refractivity contribution in [1.29, 1.82) is 0 Å². The Bertz CT molecular complexity index is 1330. The summed E-state index contributed by atoms with van der Waals surface area (Å²) < 4.78 is 25.7. The summed E-state index contributed by atoms with van der Waals surface area (Å²) in [5.41, 5.74) is 4.55. The number of aromatic nitrogens is 2. The lowest BCUT2D eigenvalue weighted by atomic mass is 10.0. The first kappa shape index (κ1) is 22.0. The summed E-state index contributed by atoms with van der Waals surface area (Å²) in [5.74, 6) is 0.0198. The normalized spacial score (nSPS) is 21.7. The summed E-state index contributed by atoms with van der Waals surface area (Å²) in [4.78, 5) is 15.4. The lowest BCUT2D eigenvalue weighted by Gasteiger charge is -2.38. The van der Waals surface area contributed by atoms with Crippen molar-refractivity contribution in [1.82, 2.24) is 9.78 Å². The van der Waals surface area contributed by atoms with Gasteiger partial charge in [0.25, 0.3) is 5.91 Å². The van der Waals surface area contributed by atoms with Crippen molar-refractivity contribution in [2.75, 3.05) is 21.7 Å². The van der Waals surface area contributed by atoms with E-state index in [1.807, 2.05) is 49.4 Å². The molecule has 2 aliphatic rings. The van der Waals surface area contributed by atoms with Crippen LogP contribution in [0, 0.1) is 6.92 Å². The molecule has 2 atom stereocenters. The number of rotatable bonds is 4. The van der Waals surface area contributed by atoms with E-state index in [1.54, 1.807) is 15.6 Å². The van der Waals surface area contributed by atoms with Crippen molar-refractivity contribution in [3.05, 3.63) is 76.1 Å². The number of hydrogen-bond acceptors (Lipinski definition) is 5. The first-order valence-corrected chi connectivity index (χ1v) is 13.2. The number of carbonyl (C=O) groups excluding carboxylic acids is 1. The molecule has 33 heavy (non-hydrogen) atoms. The van der Waals surface area contributed by atoms with Gasteiger partial charge in [-0.1, -0.05) is 42.8 Å². The molecular formula is C24H25ClN4O3S. The second kappa shape index (κ2) is 8.18. The van der Waals surface area contributed by atoms with Crippen LogP contribution in [0.4, 0.5) is 11.4 Å². The van der Waals surface area contributed by atoms with E-state index in [9.17, 15) is 13.2 Å². The van der Waals surface area contributed by atoms with E-state index in [-0.39, 0.29) is 23.5 Å². The summed E-state index contributed by atoms with van der Waals surface area (Å²) in [5, 5.41) is 8.44. The first-order chi connectivity index (χ1) is 15.8. The number of para-hydroxylation sites is 1. The van der Waals surface area contributed by atoms with E-state index in [2.05, 4.69) is 17.3 Å². The molecule has 5 rings (SSSR count). The highest BCUT2D eigenvalue weighted by atomic mass is 35.5. The summed E-state index contributed by atoms with van der Waals surface area (Å²) in [6.45, 7) is 3.93. The number of aryl methyl sites for hydroxylation is 2. The standard InChI is InChI=1S/C24H25ClN4O3S/c1-3-16-8-10-17(11-9-16)28-23(26-20-7-5-4-6-19(20)24(28)30)21-15(2)27-29(22(21)25)18-12-13-33(31,32)14-18/h4-11,18,23,26H,3,12-14H2,1-2H3/t18-,23-/m1/s1. The zero-order valence-electron chi connectivity index (χ0n) is 18.5. The molecule has 9 heteroatoms. The topological polar surface area (TPSA) is 84.3 Å². The Labute approximate surface area is 198 Å². The van der Waals surface area contributed by atoms with E-state index >= 15 is 0 Å². The minimum absolute atomic E-state index is 0.0231. The highest BCUT2D eigenvalue weighted by Gasteiger charge is 2.39. The zero-order chi connectivity index (χ0) is 23.3. The largest absolute Gasteiger partial charge is 0.360 e. The summed E-state index contributed by atoms with van der Waals surface area (Å²) >= 11 is 6.84. The molecule has 0 radical (unpaired) electrons. The van der Waals surface area contributed by atoms with Gasteiger partial charge in [0.05, 0.1) is 34.4 Å². The molecule has 0 unspecified atom stereocenters. The van der Waals surface area contributed by atoms with Crippen molar-refractivity contribution in [2.45, 2.75) is 38.9 Å². The molecule has 1 amide bonds. The van der Waals surface area contributed by atoms with Crippen LogP contribution in [0.2, 0.25) is 5.15 Å². The van der Waals surface area contributed by atoms with Gasteiger partial charge in [0.2, 0.25) is 0 Å². The molecule has 1 N–H and O–H groups in total. The van der Waals surface area contributed by atoms with Crippen LogP contribution in [-0.2, 0) is 16.3 Å². The van der Waals surface area contributed by atoms with Gasteiger partial charge in [-0.05, 0) is 49.6 Å². The number of benzene rings is 2. The summed E-state index contributed by atoms with van der Waals surface area (Å²) in [6, 6.07) is 15.0. The fourth-order valence-electron chi connectivity index (χ4n) is 4.67. The van der Waals surface area contributed by atoms with Gasteiger partial charge in [0.1, 0.15) is 11.3 Å². The fourth-order valence-corrected chi connectivity index (χ4v) is 6.78. The van der Waals surface area contributed by atoms with Gasteiger partial charge in [0, 0.05) is 11.4 Å². The number of halogens is 1. The van der Waals surface area contributed by atoms with E-state index in [1.165, 1.54) is 5.56 Å². The van der Waals surface area contributed by atoms with Gasteiger partial charge in [0.15, 0.2) is 9.84 Å². The molecular weight excluding hydrogens is 460 g/mol. The van der Waals surface area contributed by atoms with Crippen LogP contribution >= 0.6 is 11.6 Å². The van der Waals surface area contributed by atoms with Crippen molar-refractivity contribution >= 4 is 38.7 Å². The molecule has 1 aromatic heterocycles. The maximum atomic E-state index is 13.7. The van der Waals surface area contributed by atoms with Crippen LogP contribution in [0.1, 0.15) is 52.7 Å². The fraction of sp³-hybridized carbons (Fsp3) is 0.333. The van der Waals surface area contributed by atoms with Crippen LogP contribution in [0.5, 0.6) is 0 Å². The second-order valence-electron chi connectivity index (χ2n) is 8.58. The molecule has 0 aliphatic carbocycles. The number of nitrogens with zero attached hydrogens (tertiary/aromatic N) is 3. The highest BCUT2D eigenvalue weighted by Crippen LogP contribution is 2.41. The third kappa shape index (κ3) is 3.81. The molecule has 0 bridgehead atoms. The Hall–Kier alpha value is -2.84. The SMILES string of the molecule is CCc1ccc(N2C(=O)c3ccccc3N[C@H]2c2c(C)nn([C@@H]3CCS(=O)(=O)C3)c2Cl)cc1. The average molecular weight is 485 g/mol. The minimum Gasteiger partial charge on any atom is -0.360 e. The van der Waals surface area contributed by atoms with Gasteiger partial charge >= 0.3 is 0 Å². The average Bonchev–Trinajstić information content (AvgIpc) is 3.31. The number of fused-ring (bicyclic) bond motifs is 1. The number of nitrogens with one attached hydrogen (secondary N) is 1. The second-order valence-corrected chi connectivity index (χ2v) is 11.2. The molecule has 2 aromatic carbocycles. The van der Waals surface area contributed by atoms with E-state index in [0.29, 0.717) is 28.4 Å². The van der Waals surface area contributed by atoms with Gasteiger partial charge in [-0.3, -0.25) is 9.69 Å². The number of anilines is 2. The van der Waals surface area contributed by atoms with Gasteiger partial charge in [-0.25, -0.2) is 13.1 Å². The van der Waals surface area contributed by atoms with Crippen LogP contribution in [0.25, 0.3) is 0 Å². The molecule has 172 valence electrons. The number of amides is 1. The van der Waals surface area contributed by atoms with Crippen LogP contribution in [0.3, 0.4) is 0 Å². The first-order valence-electron chi connectivity index (χ1n) is 11.0. The Morgan fingerprint density at radius 3 is 2.55 bits per heavy atom. The maximum Gasteiger partial charge on any atom is 0.262 e. The Balaban J connectivity index is 1.62. The van der Waals surface area contributed by atoms with E-state index in [0.717, 1.165) is 17.8 Å². The van der Waals surface area contributed by atoms with Crippen LogP contribution in [-0.4, -0.2) is 35.6 Å². The molecule has 0 saturated carbocycles. The molecule has 0 spiro atoms. The van der Waals surface area contributed by atoms with Gasteiger partial charge < -0.3 is 5.32 Å². The molecule has 3 heterocycles. The molecule has 2 aliphatic heterocycles. The molecule has 7 nitrogen and oxygen atoms in total. The van der Waals surface area contributed by atoms with E-state index in [4.69, 9.17) is 11.6 Å². The lowest BCUT2D eigenvalue weighted by Crippen LogP contribution is -2.43. The third-order valence-corrected chi connectivity index (χ3v) is 8.58. The smallest absolute Gasteiger partial charge is 0.262 e. The Kier molecular flexibility index (Phi) is 5.45. The van der Waals surface area contributed by atoms with Crippen molar-refractivity contribution in [3.63, 3.8) is 0 Å². The van der Waals surface area contributed by atoms with Crippen LogP contribution in [0.15, 0.2) is 48.5 Å². The number of hydrogen-bond donors (Lipinski definition) is 1. The quantitative estimate of drug-likeness (QED) is 0.587. The summed E-state index contributed by atoms with van der Waals surface area (Å²) in [7, 11) is -3.10.